The van der Waals surface area contributed by atoms with Crippen molar-refractivity contribution in [2.24, 2.45) is 0 Å². The molecule has 0 saturated heterocycles. The Morgan fingerprint density at radius 2 is 1.95 bits per heavy atom. The molecular weight excluding hydrogens is 289 g/mol. The summed E-state index contributed by atoms with van der Waals surface area (Å²) in [5.74, 6) is -0.625. The van der Waals surface area contributed by atoms with Crippen LogP contribution in [-0.4, -0.2) is 9.85 Å². The maximum absolute atomic E-state index is 13.5. The van der Waals surface area contributed by atoms with Gasteiger partial charge in [-0.3, -0.25) is 20.2 Å². The molecule has 0 aliphatic rings. The predicted molar refractivity (Wildman–Crippen MR) is 71.4 cm³/mol. The molecule has 0 aliphatic carbocycles. The molecule has 0 aliphatic heterocycles. The third kappa shape index (κ3) is 3.06. The average Bonchev–Trinajstić information content (AvgIpc) is 2.86. The molecule has 104 valence electrons. The van der Waals surface area contributed by atoms with Crippen molar-refractivity contribution in [3.63, 3.8) is 0 Å². The molecule has 0 atom stereocenters. The van der Waals surface area contributed by atoms with Gasteiger partial charge in [0.15, 0.2) is 0 Å². The van der Waals surface area contributed by atoms with Gasteiger partial charge in [0, 0.05) is 30.1 Å². The first-order valence-electron chi connectivity index (χ1n) is 5.37. The second-order valence-corrected chi connectivity index (χ2v) is 4.71. The highest BCUT2D eigenvalue weighted by Crippen LogP contribution is 2.25. The minimum absolute atomic E-state index is 0.0127. The number of anilines is 1. The van der Waals surface area contributed by atoms with E-state index >= 15 is 0 Å². The second-order valence-electron chi connectivity index (χ2n) is 3.83. The Morgan fingerprint density at radius 3 is 2.55 bits per heavy atom. The smallest absolute Gasteiger partial charge is 0.324 e. The number of hydrogen-bond donors (Lipinski definition) is 1. The van der Waals surface area contributed by atoms with Crippen LogP contribution < -0.4 is 5.32 Å². The Morgan fingerprint density at radius 1 is 1.20 bits per heavy atom. The van der Waals surface area contributed by atoms with Crippen LogP contribution in [0, 0.1) is 26.0 Å². The van der Waals surface area contributed by atoms with E-state index in [0.717, 1.165) is 29.5 Å². The van der Waals surface area contributed by atoms with Gasteiger partial charge in [-0.25, -0.2) is 4.39 Å². The fourth-order valence-electron chi connectivity index (χ4n) is 1.51. The van der Waals surface area contributed by atoms with Gasteiger partial charge in [-0.2, -0.15) is 0 Å². The quantitative estimate of drug-likeness (QED) is 0.674. The largest absolute Gasteiger partial charge is 0.378 e. The molecule has 2 aromatic rings. The minimum atomic E-state index is -0.625. The van der Waals surface area contributed by atoms with Crippen molar-refractivity contribution in [1.82, 2.24) is 0 Å². The fourth-order valence-corrected chi connectivity index (χ4v) is 2.24. The molecule has 0 radical (unpaired) electrons. The molecule has 0 amide bonds. The first-order chi connectivity index (χ1) is 9.47. The summed E-state index contributed by atoms with van der Waals surface area (Å²) in [4.78, 5) is 20.0. The third-order valence-corrected chi connectivity index (χ3v) is 3.39. The van der Waals surface area contributed by atoms with Crippen molar-refractivity contribution in [2.45, 2.75) is 6.54 Å². The van der Waals surface area contributed by atoms with E-state index in [-0.39, 0.29) is 22.9 Å². The Kier molecular flexibility index (Phi) is 3.89. The van der Waals surface area contributed by atoms with Crippen LogP contribution in [0.25, 0.3) is 0 Å². The molecule has 9 heteroatoms. The van der Waals surface area contributed by atoms with Gasteiger partial charge in [0.05, 0.1) is 15.5 Å². The zero-order valence-electron chi connectivity index (χ0n) is 9.91. The summed E-state index contributed by atoms with van der Waals surface area (Å²) >= 11 is 0.964. The van der Waals surface area contributed by atoms with Gasteiger partial charge in [-0.1, -0.05) is 11.3 Å². The SMILES string of the molecule is O=[N+]([O-])c1ccc(F)c(NCc2csc([N+](=O)[O-])c2)c1. The third-order valence-electron chi connectivity index (χ3n) is 2.46. The van der Waals surface area contributed by atoms with E-state index in [2.05, 4.69) is 5.32 Å². The summed E-state index contributed by atoms with van der Waals surface area (Å²) in [6, 6.07) is 4.51. The van der Waals surface area contributed by atoms with Gasteiger partial charge in [-0.05, 0) is 11.6 Å². The van der Waals surface area contributed by atoms with Crippen LogP contribution >= 0.6 is 11.3 Å². The van der Waals surface area contributed by atoms with E-state index in [1.165, 1.54) is 6.07 Å². The van der Waals surface area contributed by atoms with Gasteiger partial charge in [0.25, 0.3) is 5.69 Å². The summed E-state index contributed by atoms with van der Waals surface area (Å²) in [7, 11) is 0. The number of benzene rings is 1. The van der Waals surface area contributed by atoms with E-state index < -0.39 is 15.7 Å². The highest BCUT2D eigenvalue weighted by atomic mass is 32.1. The Hall–Kier alpha value is -2.55. The van der Waals surface area contributed by atoms with Gasteiger partial charge in [0.1, 0.15) is 5.82 Å². The fraction of sp³-hybridized carbons (Fsp3) is 0.0909. The summed E-state index contributed by atoms with van der Waals surface area (Å²) in [6.07, 6.45) is 0. The molecule has 20 heavy (non-hydrogen) atoms. The molecule has 1 aromatic heterocycles. The second kappa shape index (κ2) is 5.61. The van der Waals surface area contributed by atoms with E-state index in [0.29, 0.717) is 5.56 Å². The van der Waals surface area contributed by atoms with Crippen molar-refractivity contribution < 1.29 is 14.2 Å². The van der Waals surface area contributed by atoms with Crippen molar-refractivity contribution >= 4 is 27.7 Å². The van der Waals surface area contributed by atoms with Gasteiger partial charge < -0.3 is 5.32 Å². The highest BCUT2D eigenvalue weighted by molar-refractivity contribution is 7.13. The van der Waals surface area contributed by atoms with Crippen LogP contribution in [0.2, 0.25) is 0 Å². The number of nitro benzene ring substituents is 1. The molecule has 7 nitrogen and oxygen atoms in total. The number of nitro groups is 2. The van der Waals surface area contributed by atoms with Gasteiger partial charge in [-0.15, -0.1) is 0 Å². The van der Waals surface area contributed by atoms with Crippen molar-refractivity contribution in [3.05, 3.63) is 61.3 Å². The van der Waals surface area contributed by atoms with Crippen LogP contribution in [0.4, 0.5) is 20.8 Å². The van der Waals surface area contributed by atoms with Crippen LogP contribution in [0.3, 0.4) is 0 Å². The lowest BCUT2D eigenvalue weighted by Crippen LogP contribution is -2.01. The molecule has 0 spiro atoms. The van der Waals surface area contributed by atoms with Gasteiger partial charge in [0.2, 0.25) is 0 Å². The van der Waals surface area contributed by atoms with Crippen LogP contribution in [-0.2, 0) is 6.54 Å². The Bertz CT molecular complexity index is 673. The first kappa shape index (κ1) is 13.9. The van der Waals surface area contributed by atoms with Crippen molar-refractivity contribution in [1.29, 1.82) is 0 Å². The summed E-state index contributed by atoms with van der Waals surface area (Å²) in [5.41, 5.74) is 0.353. The number of thiophene rings is 1. The molecule has 1 N–H and O–H groups in total. The topological polar surface area (TPSA) is 98.3 Å². The lowest BCUT2D eigenvalue weighted by atomic mass is 10.2. The van der Waals surface area contributed by atoms with Crippen LogP contribution in [0.15, 0.2) is 29.6 Å². The standard InChI is InChI=1S/C11H8FN3O4S/c12-9-2-1-8(14(16)17)4-10(9)13-5-7-3-11(15(18)19)20-6-7/h1-4,6,13H,5H2. The Balaban J connectivity index is 2.11. The molecule has 0 saturated carbocycles. The number of nitrogens with zero attached hydrogens (tertiary/aromatic N) is 2. The predicted octanol–water partition coefficient (Wildman–Crippen LogP) is 3.32. The number of hydrogen-bond acceptors (Lipinski definition) is 6. The maximum atomic E-state index is 13.5. The molecule has 1 aromatic carbocycles. The molecule has 2 rings (SSSR count). The van der Waals surface area contributed by atoms with Crippen molar-refractivity contribution in [2.75, 3.05) is 5.32 Å². The summed E-state index contributed by atoms with van der Waals surface area (Å²) in [5, 5.41) is 25.4. The molecular formula is C11H8FN3O4S. The number of halogens is 1. The van der Waals surface area contributed by atoms with E-state index in [1.54, 1.807) is 5.38 Å². The lowest BCUT2D eigenvalue weighted by molar-refractivity contribution is -0.384. The molecule has 1 heterocycles. The average molecular weight is 297 g/mol. The number of nitrogens with one attached hydrogen (secondary N) is 1. The lowest BCUT2D eigenvalue weighted by Gasteiger charge is -2.05. The Labute approximate surface area is 116 Å². The van der Waals surface area contributed by atoms with Gasteiger partial charge >= 0.3 is 5.00 Å². The van der Waals surface area contributed by atoms with Crippen molar-refractivity contribution in [3.8, 4) is 0 Å². The number of rotatable bonds is 5. The van der Waals surface area contributed by atoms with Crippen LogP contribution in [0.1, 0.15) is 5.56 Å². The normalized spacial score (nSPS) is 10.2. The minimum Gasteiger partial charge on any atom is -0.378 e. The highest BCUT2D eigenvalue weighted by Gasteiger charge is 2.12. The molecule has 0 bridgehead atoms. The van der Waals surface area contributed by atoms with Crippen LogP contribution in [0.5, 0.6) is 0 Å². The maximum Gasteiger partial charge on any atom is 0.324 e. The molecule has 0 unspecified atom stereocenters. The monoisotopic (exact) mass is 297 g/mol. The zero-order chi connectivity index (χ0) is 14.7. The van der Waals surface area contributed by atoms with E-state index in [4.69, 9.17) is 0 Å². The molecule has 0 fully saturated rings. The summed E-state index contributed by atoms with van der Waals surface area (Å²) < 4.78 is 13.5. The number of non-ortho nitro benzene ring substituents is 1. The first-order valence-corrected chi connectivity index (χ1v) is 6.25. The van der Waals surface area contributed by atoms with E-state index in [9.17, 15) is 24.6 Å². The van der Waals surface area contributed by atoms with E-state index in [1.807, 2.05) is 0 Å². The summed E-state index contributed by atoms with van der Waals surface area (Å²) in [6.45, 7) is 0.141. The zero-order valence-corrected chi connectivity index (χ0v) is 10.7.